The number of aliphatic hydroxyl groups excluding tert-OH is 1. The van der Waals surface area contributed by atoms with Gasteiger partial charge in [-0.2, -0.15) is 0 Å². The number of rotatable bonds is 5. The number of hydrogen-bond acceptors (Lipinski definition) is 4. The first-order valence-electron chi connectivity index (χ1n) is 12.3. The molecule has 3 aliphatic rings. The molecule has 0 radical (unpaired) electrons. The van der Waals surface area contributed by atoms with Crippen molar-refractivity contribution in [3.63, 3.8) is 0 Å². The summed E-state index contributed by atoms with van der Waals surface area (Å²) in [4.78, 5) is 41.7. The van der Waals surface area contributed by atoms with Gasteiger partial charge in [0, 0.05) is 48.3 Å². The number of amides is 3. The molecule has 2 aliphatic heterocycles. The highest BCUT2D eigenvalue weighted by Crippen LogP contribution is 2.49. The van der Waals surface area contributed by atoms with Crippen molar-refractivity contribution in [1.29, 1.82) is 0 Å². The fraction of sp³-hybridized carbons (Fsp3) is 0.500. The third kappa shape index (κ3) is 3.91. The van der Waals surface area contributed by atoms with Crippen molar-refractivity contribution in [3.05, 3.63) is 58.3 Å². The smallest absolute Gasteiger partial charge is 0.318 e. The van der Waals surface area contributed by atoms with Gasteiger partial charge in [-0.05, 0) is 51.3 Å². The summed E-state index contributed by atoms with van der Waals surface area (Å²) >= 11 is 0. The van der Waals surface area contributed by atoms with Crippen molar-refractivity contribution in [2.75, 3.05) is 6.61 Å². The number of likely N-dealkylation sites (tertiary alicyclic amines) is 1. The lowest BCUT2D eigenvalue weighted by atomic mass is 9.87. The fourth-order valence-electron chi connectivity index (χ4n) is 5.75. The predicted octanol–water partition coefficient (Wildman–Crippen LogP) is 2.40. The van der Waals surface area contributed by atoms with Gasteiger partial charge in [0.1, 0.15) is 11.9 Å². The molecule has 0 bridgehead atoms. The number of urea groups is 1. The van der Waals surface area contributed by atoms with Gasteiger partial charge in [-0.1, -0.05) is 18.2 Å². The Morgan fingerprint density at radius 1 is 1.14 bits per heavy atom. The van der Waals surface area contributed by atoms with E-state index in [1.165, 1.54) is 11.0 Å². The Kier molecular flexibility index (Phi) is 6.13. The van der Waals surface area contributed by atoms with Crippen LogP contribution in [0, 0.1) is 17.7 Å². The number of benzene rings is 1. The van der Waals surface area contributed by atoms with E-state index in [-0.39, 0.29) is 53.7 Å². The van der Waals surface area contributed by atoms with E-state index in [1.54, 1.807) is 34.9 Å². The SMILES string of the molecule is CC(C)NC(=O)N1[C@H](C(=O)NC2CCC2)[C@@H](CO)[C@@H]2Cn3c(ccc(-c4ccccc4F)c3=O)[C@@H]21. The third-order valence-electron chi connectivity index (χ3n) is 7.61. The molecule has 3 N–H and O–H groups in total. The fourth-order valence-corrected chi connectivity index (χ4v) is 5.75. The van der Waals surface area contributed by atoms with Crippen molar-refractivity contribution in [3.8, 4) is 11.1 Å². The van der Waals surface area contributed by atoms with Crippen molar-refractivity contribution in [1.82, 2.24) is 20.1 Å². The van der Waals surface area contributed by atoms with Gasteiger partial charge in [0.25, 0.3) is 5.56 Å². The maximum atomic E-state index is 14.4. The Bertz CT molecular complexity index is 1210. The summed E-state index contributed by atoms with van der Waals surface area (Å²) in [6.45, 7) is 3.63. The normalized spacial score (nSPS) is 25.2. The summed E-state index contributed by atoms with van der Waals surface area (Å²) in [5.41, 5.74) is 0.704. The zero-order chi connectivity index (χ0) is 24.9. The lowest BCUT2D eigenvalue weighted by Crippen LogP contribution is -2.56. The number of nitrogens with one attached hydrogen (secondary N) is 2. The summed E-state index contributed by atoms with van der Waals surface area (Å²) in [6.07, 6.45) is 2.87. The van der Waals surface area contributed by atoms with Gasteiger partial charge in [0.05, 0.1) is 11.6 Å². The third-order valence-corrected chi connectivity index (χ3v) is 7.61. The Hall–Kier alpha value is -3.20. The average Bonchev–Trinajstić information content (AvgIpc) is 3.31. The number of aromatic nitrogens is 1. The van der Waals surface area contributed by atoms with E-state index in [4.69, 9.17) is 0 Å². The van der Waals surface area contributed by atoms with Crippen molar-refractivity contribution < 1.29 is 19.1 Å². The van der Waals surface area contributed by atoms with Crippen LogP contribution in [0.1, 0.15) is 44.8 Å². The van der Waals surface area contributed by atoms with Gasteiger partial charge in [-0.15, -0.1) is 0 Å². The molecule has 0 spiro atoms. The number of carbonyl (C=O) groups is 2. The highest BCUT2D eigenvalue weighted by molar-refractivity contribution is 5.89. The maximum absolute atomic E-state index is 14.4. The highest BCUT2D eigenvalue weighted by Gasteiger charge is 2.57. The molecule has 5 rings (SSSR count). The van der Waals surface area contributed by atoms with E-state index < -0.39 is 29.8 Å². The zero-order valence-electron chi connectivity index (χ0n) is 19.9. The molecule has 3 amide bonds. The Balaban J connectivity index is 1.56. The largest absolute Gasteiger partial charge is 0.396 e. The van der Waals surface area contributed by atoms with Gasteiger partial charge in [-0.3, -0.25) is 9.59 Å². The molecule has 2 aromatic rings. The molecule has 3 heterocycles. The van der Waals surface area contributed by atoms with Crippen molar-refractivity contribution >= 4 is 11.9 Å². The van der Waals surface area contributed by atoms with Crippen LogP contribution in [0.25, 0.3) is 11.1 Å². The molecule has 1 saturated carbocycles. The van der Waals surface area contributed by atoms with E-state index in [0.29, 0.717) is 5.69 Å². The molecule has 4 atom stereocenters. The molecule has 35 heavy (non-hydrogen) atoms. The first-order valence-corrected chi connectivity index (χ1v) is 12.3. The van der Waals surface area contributed by atoms with Crippen LogP contribution < -0.4 is 16.2 Å². The molecular weight excluding hydrogens is 451 g/mol. The van der Waals surface area contributed by atoms with Gasteiger partial charge in [0.15, 0.2) is 0 Å². The number of carbonyl (C=O) groups excluding carboxylic acids is 2. The summed E-state index contributed by atoms with van der Waals surface area (Å²) < 4.78 is 16.0. The van der Waals surface area contributed by atoms with Crippen molar-refractivity contribution in [2.24, 2.45) is 11.8 Å². The van der Waals surface area contributed by atoms with Crippen LogP contribution in [0.2, 0.25) is 0 Å². The Labute approximate surface area is 203 Å². The van der Waals surface area contributed by atoms with Crippen LogP contribution in [0.4, 0.5) is 9.18 Å². The predicted molar refractivity (Wildman–Crippen MR) is 128 cm³/mol. The van der Waals surface area contributed by atoms with Crippen LogP contribution in [0.3, 0.4) is 0 Å². The number of nitrogens with zero attached hydrogens (tertiary/aromatic N) is 2. The van der Waals surface area contributed by atoms with Crippen LogP contribution in [-0.2, 0) is 11.3 Å². The molecule has 1 aliphatic carbocycles. The number of halogens is 1. The Morgan fingerprint density at radius 3 is 2.51 bits per heavy atom. The molecule has 9 heteroatoms. The second-order valence-electron chi connectivity index (χ2n) is 10.1. The minimum absolute atomic E-state index is 0.0931. The van der Waals surface area contributed by atoms with Gasteiger partial charge in [0.2, 0.25) is 5.91 Å². The molecule has 0 unspecified atom stereocenters. The molecule has 2 fully saturated rings. The zero-order valence-corrected chi connectivity index (χ0v) is 19.9. The Morgan fingerprint density at radius 2 is 1.89 bits per heavy atom. The molecule has 1 aromatic carbocycles. The molecular formula is C26H31FN4O4. The number of pyridine rings is 1. The van der Waals surface area contributed by atoms with Crippen molar-refractivity contribution in [2.45, 2.75) is 63.8 Å². The van der Waals surface area contributed by atoms with E-state index >= 15 is 0 Å². The molecule has 8 nitrogen and oxygen atoms in total. The van der Waals surface area contributed by atoms with Crippen LogP contribution >= 0.6 is 0 Å². The molecule has 1 saturated heterocycles. The summed E-state index contributed by atoms with van der Waals surface area (Å²) in [6, 6.07) is 7.59. The minimum atomic E-state index is -0.843. The molecule has 1 aromatic heterocycles. The summed E-state index contributed by atoms with van der Waals surface area (Å²) in [5, 5.41) is 16.3. The van der Waals surface area contributed by atoms with Crippen LogP contribution in [-0.4, -0.2) is 51.2 Å². The van der Waals surface area contributed by atoms with Crippen LogP contribution in [0.15, 0.2) is 41.2 Å². The molecule has 186 valence electrons. The second kappa shape index (κ2) is 9.11. The average molecular weight is 483 g/mol. The summed E-state index contributed by atoms with van der Waals surface area (Å²) in [7, 11) is 0. The second-order valence-corrected chi connectivity index (χ2v) is 10.1. The standard InChI is InChI=1S/C26H31FN4O4/c1-14(2)28-26(35)31-22-18(19(13-32)23(31)24(33)29-15-6-5-7-15)12-30-21(22)11-10-17(25(30)34)16-8-3-4-9-20(16)27/h3-4,8-11,14-15,18-19,22-23,32H,5-7,12-13H2,1-2H3,(H,28,35)(H,29,33)/t18-,19-,22+,23-/m0/s1. The van der Waals surface area contributed by atoms with Gasteiger partial charge < -0.3 is 25.2 Å². The monoisotopic (exact) mass is 482 g/mol. The summed E-state index contributed by atoms with van der Waals surface area (Å²) in [5.74, 6) is -1.60. The first-order chi connectivity index (χ1) is 16.8. The van der Waals surface area contributed by atoms with E-state index in [2.05, 4.69) is 10.6 Å². The maximum Gasteiger partial charge on any atom is 0.318 e. The lowest BCUT2D eigenvalue weighted by Gasteiger charge is -2.34. The number of aliphatic hydroxyl groups is 1. The van der Waals surface area contributed by atoms with Gasteiger partial charge >= 0.3 is 6.03 Å². The van der Waals surface area contributed by atoms with Gasteiger partial charge in [-0.25, -0.2) is 9.18 Å². The van der Waals surface area contributed by atoms with E-state index in [0.717, 1.165) is 19.3 Å². The highest BCUT2D eigenvalue weighted by atomic mass is 19.1. The van der Waals surface area contributed by atoms with E-state index in [1.807, 2.05) is 13.8 Å². The van der Waals surface area contributed by atoms with Crippen LogP contribution in [0.5, 0.6) is 0 Å². The minimum Gasteiger partial charge on any atom is -0.396 e. The number of fused-ring (bicyclic) bond motifs is 3. The lowest BCUT2D eigenvalue weighted by molar-refractivity contribution is -0.128. The topological polar surface area (TPSA) is 104 Å². The quantitative estimate of drug-likeness (QED) is 0.609. The first kappa shape index (κ1) is 23.5. The van der Waals surface area contributed by atoms with E-state index in [9.17, 15) is 23.9 Å². The number of hydrogen-bond donors (Lipinski definition) is 3.